The fraction of sp³-hybridized carbons (Fsp3) is 0.800. The van der Waals surface area contributed by atoms with Crippen LogP contribution in [0.15, 0.2) is 0 Å². The first-order valence-electron chi connectivity index (χ1n) is 7.74. The Morgan fingerprint density at radius 3 is 2.52 bits per heavy atom. The molecule has 2 unspecified atom stereocenters. The Hall–Kier alpha value is -1.59. The fourth-order valence-electron chi connectivity index (χ4n) is 2.79. The molecule has 0 radical (unpaired) electrons. The lowest BCUT2D eigenvalue weighted by Crippen LogP contribution is -2.32. The molecule has 1 rings (SSSR count). The summed E-state index contributed by atoms with van der Waals surface area (Å²) in [5.74, 6) is -1.01. The Morgan fingerprint density at radius 2 is 1.86 bits per heavy atom. The van der Waals surface area contributed by atoms with Crippen LogP contribution in [0.5, 0.6) is 0 Å². The molecule has 0 spiro atoms. The maximum Gasteiger partial charge on any atom is 0.306 e. The van der Waals surface area contributed by atoms with Crippen LogP contribution in [0.3, 0.4) is 0 Å². The number of nitrogens with one attached hydrogen (secondary N) is 2. The minimum absolute atomic E-state index is 0.00874. The molecule has 0 aromatic rings. The van der Waals surface area contributed by atoms with Gasteiger partial charge >= 0.3 is 5.97 Å². The average molecular weight is 298 g/mol. The van der Waals surface area contributed by atoms with Gasteiger partial charge in [0.15, 0.2) is 0 Å². The number of aliphatic carboxylic acids is 1. The third-order valence-corrected chi connectivity index (χ3v) is 3.99. The molecule has 21 heavy (non-hydrogen) atoms. The molecule has 120 valence electrons. The molecular weight excluding hydrogens is 272 g/mol. The van der Waals surface area contributed by atoms with Gasteiger partial charge in [0.1, 0.15) is 0 Å². The zero-order chi connectivity index (χ0) is 15.7. The van der Waals surface area contributed by atoms with Crippen molar-refractivity contribution >= 4 is 17.8 Å². The molecule has 0 aromatic heterocycles. The van der Waals surface area contributed by atoms with Crippen molar-refractivity contribution in [1.29, 1.82) is 0 Å². The van der Waals surface area contributed by atoms with Crippen molar-refractivity contribution in [3.63, 3.8) is 0 Å². The maximum absolute atomic E-state index is 11.7. The number of hydrogen-bond acceptors (Lipinski definition) is 3. The van der Waals surface area contributed by atoms with E-state index in [1.54, 1.807) is 0 Å². The lowest BCUT2D eigenvalue weighted by molar-refractivity contribution is -0.143. The summed E-state index contributed by atoms with van der Waals surface area (Å²) < 4.78 is 0. The molecule has 2 atom stereocenters. The summed E-state index contributed by atoms with van der Waals surface area (Å²) in [6.45, 7) is 2.61. The first-order chi connectivity index (χ1) is 10.0. The number of carboxylic acids is 1. The first kappa shape index (κ1) is 17.5. The van der Waals surface area contributed by atoms with Gasteiger partial charge in [0.25, 0.3) is 0 Å². The third kappa shape index (κ3) is 7.11. The number of carbonyl (C=O) groups excluding carboxylic acids is 2. The van der Waals surface area contributed by atoms with Gasteiger partial charge < -0.3 is 15.7 Å². The Morgan fingerprint density at radius 1 is 1.10 bits per heavy atom. The van der Waals surface area contributed by atoms with Crippen molar-refractivity contribution in [3.05, 3.63) is 0 Å². The van der Waals surface area contributed by atoms with E-state index in [1.165, 1.54) is 6.92 Å². The Labute approximate surface area is 125 Å². The predicted molar refractivity (Wildman–Crippen MR) is 78.6 cm³/mol. The number of carbonyl (C=O) groups is 3. The average Bonchev–Trinajstić information content (AvgIpc) is 2.88. The molecule has 0 bridgehead atoms. The van der Waals surface area contributed by atoms with Gasteiger partial charge in [0, 0.05) is 26.4 Å². The molecular formula is C15H26N2O4. The maximum atomic E-state index is 11.7. The van der Waals surface area contributed by atoms with E-state index >= 15 is 0 Å². The first-order valence-corrected chi connectivity index (χ1v) is 7.74. The van der Waals surface area contributed by atoms with E-state index in [4.69, 9.17) is 5.11 Å². The van der Waals surface area contributed by atoms with E-state index in [9.17, 15) is 14.4 Å². The number of hydrogen-bond donors (Lipinski definition) is 3. The van der Waals surface area contributed by atoms with Crippen molar-refractivity contribution in [2.75, 3.05) is 13.1 Å². The van der Waals surface area contributed by atoms with Crippen molar-refractivity contribution in [1.82, 2.24) is 10.6 Å². The van der Waals surface area contributed by atoms with Gasteiger partial charge in [-0.1, -0.05) is 12.8 Å². The summed E-state index contributed by atoms with van der Waals surface area (Å²) in [7, 11) is 0. The summed E-state index contributed by atoms with van der Waals surface area (Å²) in [5.41, 5.74) is 0. The molecule has 1 saturated carbocycles. The normalized spacial score (nSPS) is 21.0. The van der Waals surface area contributed by atoms with Gasteiger partial charge in [0.2, 0.25) is 11.8 Å². The molecule has 2 amide bonds. The van der Waals surface area contributed by atoms with Gasteiger partial charge in [0.05, 0.1) is 5.92 Å². The number of unbranched alkanes of at least 4 members (excludes halogenated alkanes) is 2. The Balaban J connectivity index is 2.06. The van der Waals surface area contributed by atoms with E-state index in [0.717, 1.165) is 38.5 Å². The van der Waals surface area contributed by atoms with Crippen LogP contribution in [0.4, 0.5) is 0 Å². The van der Waals surface area contributed by atoms with E-state index in [-0.39, 0.29) is 23.7 Å². The highest BCUT2D eigenvalue weighted by atomic mass is 16.4. The highest BCUT2D eigenvalue weighted by Crippen LogP contribution is 2.31. The van der Waals surface area contributed by atoms with E-state index in [0.29, 0.717) is 19.5 Å². The second-order valence-electron chi connectivity index (χ2n) is 5.73. The van der Waals surface area contributed by atoms with Gasteiger partial charge in [-0.2, -0.15) is 0 Å². The molecule has 1 aliphatic rings. The van der Waals surface area contributed by atoms with Crippen LogP contribution in [-0.2, 0) is 14.4 Å². The van der Waals surface area contributed by atoms with Crippen LogP contribution in [0.25, 0.3) is 0 Å². The minimum atomic E-state index is -0.746. The molecule has 0 aliphatic heterocycles. The summed E-state index contributed by atoms with van der Waals surface area (Å²) in [6, 6.07) is 0. The molecule has 1 aliphatic carbocycles. The quantitative estimate of drug-likeness (QED) is 0.559. The van der Waals surface area contributed by atoms with Crippen molar-refractivity contribution < 1.29 is 19.5 Å². The second kappa shape index (κ2) is 9.37. The van der Waals surface area contributed by atoms with Gasteiger partial charge in [-0.3, -0.25) is 14.4 Å². The highest BCUT2D eigenvalue weighted by Gasteiger charge is 2.32. The van der Waals surface area contributed by atoms with E-state index in [2.05, 4.69) is 10.6 Å². The Kier molecular flexibility index (Phi) is 7.79. The number of rotatable bonds is 9. The summed E-state index contributed by atoms with van der Waals surface area (Å²) in [6.07, 6.45) is 5.56. The number of carboxylic acid groups (broad SMARTS) is 1. The lowest BCUT2D eigenvalue weighted by atomic mass is 9.96. The molecule has 0 aromatic carbocycles. The summed E-state index contributed by atoms with van der Waals surface area (Å²) in [5, 5.41) is 14.6. The zero-order valence-corrected chi connectivity index (χ0v) is 12.7. The topological polar surface area (TPSA) is 95.5 Å². The standard InChI is InChI=1S/C15H26N2O4/c1-11(18)16-9-4-2-3-8-14(19)17-10-12-6-5-7-13(12)15(20)21/h12-13H,2-10H2,1H3,(H,16,18)(H,17,19)(H,20,21). The molecule has 0 saturated heterocycles. The van der Waals surface area contributed by atoms with Crippen LogP contribution in [-0.4, -0.2) is 36.0 Å². The molecule has 6 heteroatoms. The van der Waals surface area contributed by atoms with Crippen molar-refractivity contribution in [2.45, 2.75) is 51.9 Å². The van der Waals surface area contributed by atoms with Crippen LogP contribution in [0.2, 0.25) is 0 Å². The van der Waals surface area contributed by atoms with Crippen molar-refractivity contribution in [2.24, 2.45) is 11.8 Å². The van der Waals surface area contributed by atoms with Crippen LogP contribution in [0.1, 0.15) is 51.9 Å². The smallest absolute Gasteiger partial charge is 0.306 e. The summed E-state index contributed by atoms with van der Waals surface area (Å²) in [4.78, 5) is 33.4. The summed E-state index contributed by atoms with van der Waals surface area (Å²) >= 11 is 0. The largest absolute Gasteiger partial charge is 0.481 e. The van der Waals surface area contributed by atoms with Crippen LogP contribution >= 0.6 is 0 Å². The third-order valence-electron chi connectivity index (χ3n) is 3.99. The SMILES string of the molecule is CC(=O)NCCCCCC(=O)NCC1CCCC1C(=O)O. The van der Waals surface area contributed by atoms with Gasteiger partial charge in [-0.15, -0.1) is 0 Å². The van der Waals surface area contributed by atoms with Crippen molar-refractivity contribution in [3.8, 4) is 0 Å². The molecule has 3 N–H and O–H groups in total. The molecule has 0 heterocycles. The van der Waals surface area contributed by atoms with Crippen LogP contribution in [0, 0.1) is 11.8 Å². The fourth-order valence-corrected chi connectivity index (χ4v) is 2.79. The highest BCUT2D eigenvalue weighted by molar-refractivity contribution is 5.76. The Bertz CT molecular complexity index is 371. The second-order valence-corrected chi connectivity index (χ2v) is 5.73. The van der Waals surface area contributed by atoms with E-state index < -0.39 is 5.97 Å². The van der Waals surface area contributed by atoms with Crippen LogP contribution < -0.4 is 10.6 Å². The van der Waals surface area contributed by atoms with E-state index in [1.807, 2.05) is 0 Å². The van der Waals surface area contributed by atoms with Gasteiger partial charge in [-0.25, -0.2) is 0 Å². The molecule has 1 fully saturated rings. The zero-order valence-electron chi connectivity index (χ0n) is 12.7. The molecule has 6 nitrogen and oxygen atoms in total. The minimum Gasteiger partial charge on any atom is -0.481 e. The predicted octanol–water partition coefficient (Wildman–Crippen LogP) is 1.30. The monoisotopic (exact) mass is 298 g/mol. The van der Waals surface area contributed by atoms with Gasteiger partial charge in [-0.05, 0) is 31.6 Å². The number of amides is 2. The lowest BCUT2D eigenvalue weighted by Gasteiger charge is -2.16.